The van der Waals surface area contributed by atoms with E-state index < -0.39 is 13.0 Å². The predicted octanol–water partition coefficient (Wildman–Crippen LogP) is 3.72. The van der Waals surface area contributed by atoms with Gasteiger partial charge in [0.2, 0.25) is 0 Å². The summed E-state index contributed by atoms with van der Waals surface area (Å²) >= 11 is 12.0. The molecule has 0 aliphatic carbocycles. The molecule has 0 radical (unpaired) electrons. The van der Waals surface area contributed by atoms with E-state index in [2.05, 4.69) is 0 Å². The molecule has 0 aliphatic rings. The van der Waals surface area contributed by atoms with Gasteiger partial charge in [-0.2, -0.15) is 0 Å². The van der Waals surface area contributed by atoms with Gasteiger partial charge < -0.3 is 14.9 Å². The second-order valence-electron chi connectivity index (χ2n) is 4.89. The van der Waals surface area contributed by atoms with Crippen molar-refractivity contribution >= 4 is 30.8 Å². The number of rotatable bonds is 6. The molecule has 4 nitrogen and oxygen atoms in total. The standard InChI is InChI=1S/C13H19Cl2O4P/c1-3-13(4-2,8-20(17,18)19)10-6-12(15)11(14)5-9(10)7-16/h5-6,16H,3-4,7-8H2,1-2H3,(H2,17,18,19). The minimum absolute atomic E-state index is 0.255. The van der Waals surface area contributed by atoms with Crippen molar-refractivity contribution in [2.75, 3.05) is 6.16 Å². The van der Waals surface area contributed by atoms with Crippen LogP contribution in [0.1, 0.15) is 37.8 Å². The summed E-state index contributed by atoms with van der Waals surface area (Å²) in [5, 5.41) is 10.1. The Morgan fingerprint density at radius 1 is 1.15 bits per heavy atom. The molecule has 0 aromatic heterocycles. The van der Waals surface area contributed by atoms with Gasteiger partial charge >= 0.3 is 7.60 Å². The number of halogens is 2. The first-order valence-electron chi connectivity index (χ1n) is 6.33. The van der Waals surface area contributed by atoms with E-state index in [1.165, 1.54) is 0 Å². The fraction of sp³-hybridized carbons (Fsp3) is 0.538. The van der Waals surface area contributed by atoms with Gasteiger partial charge in [0.15, 0.2) is 0 Å². The van der Waals surface area contributed by atoms with Crippen LogP contribution in [0.25, 0.3) is 0 Å². The number of aliphatic hydroxyl groups is 1. The monoisotopic (exact) mass is 340 g/mol. The Labute approximate surface area is 128 Å². The largest absolute Gasteiger partial charge is 0.392 e. The minimum Gasteiger partial charge on any atom is -0.392 e. The van der Waals surface area contributed by atoms with Crippen molar-refractivity contribution in [3.05, 3.63) is 33.3 Å². The molecule has 0 heterocycles. The third kappa shape index (κ3) is 3.97. The van der Waals surface area contributed by atoms with Crippen molar-refractivity contribution in [2.24, 2.45) is 0 Å². The molecule has 1 aromatic rings. The maximum absolute atomic E-state index is 11.5. The maximum atomic E-state index is 11.5. The minimum atomic E-state index is -4.20. The van der Waals surface area contributed by atoms with Gasteiger partial charge in [0.25, 0.3) is 0 Å². The SMILES string of the molecule is CCC(CC)(CP(=O)(O)O)c1cc(Cl)c(Cl)cc1CO. The highest BCUT2D eigenvalue weighted by Crippen LogP contribution is 2.48. The first kappa shape index (κ1) is 18.0. The van der Waals surface area contributed by atoms with Crippen LogP contribution in [-0.2, 0) is 16.6 Å². The van der Waals surface area contributed by atoms with Crippen molar-refractivity contribution in [3.63, 3.8) is 0 Å². The van der Waals surface area contributed by atoms with Crippen LogP contribution in [0.3, 0.4) is 0 Å². The molecular formula is C13H19Cl2O4P. The van der Waals surface area contributed by atoms with Crippen molar-refractivity contribution in [2.45, 2.75) is 38.7 Å². The first-order chi connectivity index (χ1) is 9.19. The summed E-state index contributed by atoms with van der Waals surface area (Å²) in [6.45, 7) is 3.47. The van der Waals surface area contributed by atoms with Gasteiger partial charge in [-0.15, -0.1) is 0 Å². The third-order valence-electron chi connectivity index (χ3n) is 3.75. The zero-order valence-electron chi connectivity index (χ0n) is 11.4. The Morgan fingerprint density at radius 3 is 2.05 bits per heavy atom. The van der Waals surface area contributed by atoms with Crippen LogP contribution in [-0.4, -0.2) is 21.1 Å². The molecule has 0 saturated heterocycles. The molecule has 0 spiro atoms. The molecule has 0 fully saturated rings. The zero-order valence-corrected chi connectivity index (χ0v) is 13.8. The molecule has 0 atom stereocenters. The number of aliphatic hydroxyl groups excluding tert-OH is 1. The molecule has 7 heteroatoms. The van der Waals surface area contributed by atoms with Crippen LogP contribution in [0.2, 0.25) is 10.0 Å². The lowest BCUT2D eigenvalue weighted by Crippen LogP contribution is -2.30. The van der Waals surface area contributed by atoms with E-state index in [-0.39, 0.29) is 12.8 Å². The van der Waals surface area contributed by atoms with Crippen LogP contribution < -0.4 is 0 Å². The zero-order chi connectivity index (χ0) is 15.6. The quantitative estimate of drug-likeness (QED) is 0.689. The normalized spacial score (nSPS) is 12.8. The summed E-state index contributed by atoms with van der Waals surface area (Å²) in [5.74, 6) is 0. The van der Waals surface area contributed by atoms with Crippen molar-refractivity contribution in [1.29, 1.82) is 0 Å². The topological polar surface area (TPSA) is 77.8 Å². The Morgan fingerprint density at radius 2 is 1.65 bits per heavy atom. The van der Waals surface area contributed by atoms with E-state index >= 15 is 0 Å². The Hall–Kier alpha value is -0.0900. The lowest BCUT2D eigenvalue weighted by atomic mass is 9.75. The number of hydrogen-bond acceptors (Lipinski definition) is 2. The number of benzene rings is 1. The van der Waals surface area contributed by atoms with Crippen LogP contribution in [0, 0.1) is 0 Å². The van der Waals surface area contributed by atoms with Gasteiger partial charge in [0.05, 0.1) is 22.8 Å². The van der Waals surface area contributed by atoms with E-state index in [1.54, 1.807) is 12.1 Å². The van der Waals surface area contributed by atoms with Gasteiger partial charge in [-0.1, -0.05) is 37.0 Å². The predicted molar refractivity (Wildman–Crippen MR) is 81.6 cm³/mol. The van der Waals surface area contributed by atoms with Crippen LogP contribution in [0.5, 0.6) is 0 Å². The smallest absolute Gasteiger partial charge is 0.326 e. The molecule has 0 unspecified atom stereocenters. The molecule has 20 heavy (non-hydrogen) atoms. The molecule has 0 aliphatic heterocycles. The average Bonchev–Trinajstić information content (AvgIpc) is 2.37. The van der Waals surface area contributed by atoms with Gasteiger partial charge in [0, 0.05) is 5.41 Å². The van der Waals surface area contributed by atoms with E-state index in [0.717, 1.165) is 0 Å². The van der Waals surface area contributed by atoms with E-state index in [9.17, 15) is 19.5 Å². The van der Waals surface area contributed by atoms with Crippen molar-refractivity contribution < 1.29 is 19.5 Å². The van der Waals surface area contributed by atoms with E-state index in [4.69, 9.17) is 23.2 Å². The lowest BCUT2D eigenvalue weighted by Gasteiger charge is -2.34. The summed E-state index contributed by atoms with van der Waals surface area (Å²) in [7, 11) is -4.20. The fourth-order valence-electron chi connectivity index (χ4n) is 2.55. The first-order valence-corrected chi connectivity index (χ1v) is 8.88. The molecule has 114 valence electrons. The summed E-state index contributed by atoms with van der Waals surface area (Å²) in [6, 6.07) is 3.16. The number of hydrogen-bond donors (Lipinski definition) is 3. The van der Waals surface area contributed by atoms with Gasteiger partial charge in [0.1, 0.15) is 0 Å². The highest BCUT2D eigenvalue weighted by Gasteiger charge is 2.37. The van der Waals surface area contributed by atoms with Crippen LogP contribution in [0.15, 0.2) is 12.1 Å². The fourth-order valence-corrected chi connectivity index (χ4v) is 4.30. The van der Waals surface area contributed by atoms with Crippen LogP contribution >= 0.6 is 30.8 Å². The van der Waals surface area contributed by atoms with Crippen LogP contribution in [0.4, 0.5) is 0 Å². The summed E-state index contributed by atoms with van der Waals surface area (Å²) in [4.78, 5) is 18.7. The molecule has 1 aromatic carbocycles. The molecule has 1 rings (SSSR count). The van der Waals surface area contributed by atoms with Crippen molar-refractivity contribution in [1.82, 2.24) is 0 Å². The van der Waals surface area contributed by atoms with Gasteiger partial charge in [-0.05, 0) is 36.1 Å². The van der Waals surface area contributed by atoms with Crippen molar-refractivity contribution in [3.8, 4) is 0 Å². The molecular weight excluding hydrogens is 322 g/mol. The van der Waals surface area contributed by atoms with E-state index in [0.29, 0.717) is 34.0 Å². The third-order valence-corrected chi connectivity index (χ3v) is 5.49. The summed E-state index contributed by atoms with van der Waals surface area (Å²) in [6.07, 6.45) is 0.775. The Balaban J connectivity index is 3.49. The Kier molecular flexibility index (Phi) is 6.09. The molecule has 0 bridgehead atoms. The maximum Gasteiger partial charge on any atom is 0.326 e. The molecule has 0 amide bonds. The second kappa shape index (κ2) is 6.78. The summed E-state index contributed by atoms with van der Waals surface area (Å²) < 4.78 is 11.5. The average molecular weight is 341 g/mol. The van der Waals surface area contributed by atoms with Gasteiger partial charge in [-0.3, -0.25) is 4.57 Å². The van der Waals surface area contributed by atoms with E-state index in [1.807, 2.05) is 13.8 Å². The lowest BCUT2D eigenvalue weighted by molar-refractivity contribution is 0.275. The molecule has 3 N–H and O–H groups in total. The summed E-state index contributed by atoms with van der Waals surface area (Å²) in [5.41, 5.74) is 0.477. The van der Waals surface area contributed by atoms with Gasteiger partial charge in [-0.25, -0.2) is 0 Å². The molecule has 0 saturated carbocycles. The highest BCUT2D eigenvalue weighted by atomic mass is 35.5. The Bertz CT molecular complexity index is 523. The second-order valence-corrected chi connectivity index (χ2v) is 7.35. The highest BCUT2D eigenvalue weighted by molar-refractivity contribution is 7.51.